The zero-order valence-electron chi connectivity index (χ0n) is 14.7. The number of sulfonamides is 1. The summed E-state index contributed by atoms with van der Waals surface area (Å²) in [7, 11) is -3.55. The molecule has 8 heteroatoms. The van der Waals surface area contributed by atoms with Crippen LogP contribution in [0.4, 0.5) is 5.69 Å². The van der Waals surface area contributed by atoms with Gasteiger partial charge in [-0.3, -0.25) is 4.79 Å². The number of fused-ring (bicyclic) bond motifs is 3. The van der Waals surface area contributed by atoms with E-state index in [0.29, 0.717) is 24.3 Å². The Morgan fingerprint density at radius 3 is 2.67 bits per heavy atom. The van der Waals surface area contributed by atoms with E-state index in [0.717, 1.165) is 30.6 Å². The Balaban J connectivity index is 1.55. The van der Waals surface area contributed by atoms with Gasteiger partial charge < -0.3 is 15.4 Å². The number of aryl methyl sites for hydroxylation is 1. The first-order valence-electron chi connectivity index (χ1n) is 8.90. The van der Waals surface area contributed by atoms with Crippen molar-refractivity contribution in [3.63, 3.8) is 0 Å². The number of benzene rings is 2. The fourth-order valence-corrected chi connectivity index (χ4v) is 5.02. The molecule has 1 saturated heterocycles. The number of nitrogens with zero attached hydrogens (tertiary/aromatic N) is 1. The summed E-state index contributed by atoms with van der Waals surface area (Å²) in [6.07, 6.45) is 2.51. The van der Waals surface area contributed by atoms with Crippen molar-refractivity contribution in [1.82, 2.24) is 4.72 Å². The van der Waals surface area contributed by atoms with Gasteiger partial charge >= 0.3 is 0 Å². The monoisotopic (exact) mass is 387 g/mol. The lowest BCUT2D eigenvalue weighted by molar-refractivity contribution is -0.117. The van der Waals surface area contributed by atoms with E-state index in [1.165, 1.54) is 0 Å². The quantitative estimate of drug-likeness (QED) is 0.818. The highest BCUT2D eigenvalue weighted by atomic mass is 32.2. The van der Waals surface area contributed by atoms with E-state index in [-0.39, 0.29) is 17.0 Å². The molecule has 1 fully saturated rings. The Morgan fingerprint density at radius 2 is 1.93 bits per heavy atom. The number of primary amides is 1. The average molecular weight is 387 g/mol. The number of hydrogen-bond acceptors (Lipinski definition) is 5. The van der Waals surface area contributed by atoms with Crippen molar-refractivity contribution in [2.45, 2.75) is 36.7 Å². The Labute approximate surface area is 158 Å². The molecule has 3 N–H and O–H groups in total. The molecular weight excluding hydrogens is 366 g/mol. The highest BCUT2D eigenvalue weighted by Crippen LogP contribution is 2.38. The topological polar surface area (TPSA) is 102 Å². The van der Waals surface area contributed by atoms with Crippen molar-refractivity contribution in [2.24, 2.45) is 5.73 Å². The van der Waals surface area contributed by atoms with Crippen LogP contribution in [-0.2, 0) is 21.2 Å². The van der Waals surface area contributed by atoms with E-state index < -0.39 is 10.0 Å². The lowest BCUT2D eigenvalue weighted by Gasteiger charge is -2.33. The van der Waals surface area contributed by atoms with Gasteiger partial charge in [0, 0.05) is 19.0 Å². The summed E-state index contributed by atoms with van der Waals surface area (Å²) < 4.78 is 33.7. The van der Waals surface area contributed by atoms with Crippen LogP contribution in [0.25, 0.3) is 0 Å². The number of amides is 1. The van der Waals surface area contributed by atoms with Gasteiger partial charge in [0.2, 0.25) is 15.9 Å². The normalized spacial score (nSPS) is 20.0. The van der Waals surface area contributed by atoms with Crippen LogP contribution in [0, 0.1) is 0 Å². The second kappa shape index (κ2) is 6.86. The van der Waals surface area contributed by atoms with Crippen molar-refractivity contribution in [3.05, 3.63) is 48.0 Å². The van der Waals surface area contributed by atoms with Crippen LogP contribution in [0.2, 0.25) is 0 Å². The third kappa shape index (κ3) is 3.63. The van der Waals surface area contributed by atoms with Gasteiger partial charge in [0.1, 0.15) is 16.4 Å². The summed E-state index contributed by atoms with van der Waals surface area (Å²) in [6, 6.07) is 12.5. The molecule has 1 unspecified atom stereocenters. The lowest BCUT2D eigenvalue weighted by Crippen LogP contribution is -2.48. The van der Waals surface area contributed by atoms with Gasteiger partial charge in [-0.2, -0.15) is 4.72 Å². The van der Waals surface area contributed by atoms with Crippen LogP contribution < -0.4 is 20.1 Å². The third-order valence-electron chi connectivity index (χ3n) is 4.89. The molecule has 27 heavy (non-hydrogen) atoms. The Morgan fingerprint density at radius 1 is 1.19 bits per heavy atom. The van der Waals surface area contributed by atoms with E-state index in [9.17, 15) is 13.2 Å². The van der Waals surface area contributed by atoms with Crippen LogP contribution in [0.3, 0.4) is 0 Å². The Bertz CT molecular complexity index is 973. The molecule has 0 spiro atoms. The molecule has 0 saturated carbocycles. The molecule has 1 amide bonds. The van der Waals surface area contributed by atoms with Gasteiger partial charge in [-0.05, 0) is 49.1 Å². The number of nitrogens with one attached hydrogen (secondary N) is 1. The van der Waals surface area contributed by atoms with Crippen molar-refractivity contribution in [3.8, 4) is 11.5 Å². The summed E-state index contributed by atoms with van der Waals surface area (Å²) in [5.74, 6) is 0.721. The maximum atomic E-state index is 12.6. The number of ether oxygens (including phenoxy) is 1. The fraction of sp³-hybridized carbons (Fsp3) is 0.316. The molecule has 2 aliphatic heterocycles. The Hall–Kier alpha value is -2.58. The second-order valence-electron chi connectivity index (χ2n) is 6.81. The summed E-state index contributed by atoms with van der Waals surface area (Å²) in [4.78, 5) is 13.2. The predicted octanol–water partition coefficient (Wildman–Crippen LogP) is 2.11. The highest BCUT2D eigenvalue weighted by Gasteiger charge is 2.37. The molecule has 2 aromatic rings. The maximum Gasteiger partial charge on any atom is 0.244 e. The zero-order valence-corrected chi connectivity index (χ0v) is 15.5. The maximum absolute atomic E-state index is 12.6. The molecule has 2 aromatic carbocycles. The van der Waals surface area contributed by atoms with Crippen molar-refractivity contribution < 1.29 is 17.9 Å². The van der Waals surface area contributed by atoms with E-state index in [4.69, 9.17) is 10.5 Å². The molecule has 142 valence electrons. The molecule has 0 aliphatic carbocycles. The molecule has 1 atom stereocenters. The minimum absolute atomic E-state index is 0.151. The van der Waals surface area contributed by atoms with Gasteiger partial charge in [-0.25, -0.2) is 8.42 Å². The third-order valence-corrected chi connectivity index (χ3v) is 6.38. The van der Waals surface area contributed by atoms with E-state index >= 15 is 0 Å². The van der Waals surface area contributed by atoms with Gasteiger partial charge in [-0.15, -0.1) is 0 Å². The summed E-state index contributed by atoms with van der Waals surface area (Å²) >= 11 is 0. The average Bonchev–Trinajstić information content (AvgIpc) is 3.09. The van der Waals surface area contributed by atoms with E-state index in [1.807, 2.05) is 18.2 Å². The first kappa shape index (κ1) is 17.8. The minimum Gasteiger partial charge on any atom is -0.457 e. The molecule has 0 aromatic heterocycles. The lowest BCUT2D eigenvalue weighted by atomic mass is 10.1. The SMILES string of the molecule is NC(=O)CCc1ccc(Oc2ccc3c(c2)S(=O)(=O)NC2CCCN32)cc1. The summed E-state index contributed by atoms with van der Waals surface area (Å²) in [5, 5.41) is 0. The van der Waals surface area contributed by atoms with Gasteiger partial charge in [0.05, 0.1) is 11.9 Å². The minimum atomic E-state index is -3.55. The number of carbonyl (C=O) groups is 1. The number of anilines is 1. The first-order chi connectivity index (χ1) is 12.9. The van der Waals surface area contributed by atoms with Crippen molar-refractivity contribution in [1.29, 1.82) is 0 Å². The second-order valence-corrected chi connectivity index (χ2v) is 8.50. The molecule has 7 nitrogen and oxygen atoms in total. The van der Waals surface area contributed by atoms with Gasteiger partial charge in [0.25, 0.3) is 0 Å². The highest BCUT2D eigenvalue weighted by molar-refractivity contribution is 7.89. The Kier molecular flexibility index (Phi) is 4.53. The van der Waals surface area contributed by atoms with Gasteiger partial charge in [-0.1, -0.05) is 12.1 Å². The molecule has 2 heterocycles. The van der Waals surface area contributed by atoms with Crippen LogP contribution in [0.5, 0.6) is 11.5 Å². The first-order valence-corrected chi connectivity index (χ1v) is 10.4. The fourth-order valence-electron chi connectivity index (χ4n) is 3.56. The van der Waals surface area contributed by atoms with E-state index in [2.05, 4.69) is 9.62 Å². The zero-order chi connectivity index (χ0) is 19.0. The number of nitrogens with two attached hydrogens (primary N) is 1. The number of hydrogen-bond donors (Lipinski definition) is 2. The summed E-state index contributed by atoms with van der Waals surface area (Å²) in [6.45, 7) is 0.840. The van der Waals surface area contributed by atoms with Crippen LogP contribution in [-0.4, -0.2) is 27.0 Å². The van der Waals surface area contributed by atoms with Crippen LogP contribution >= 0.6 is 0 Å². The van der Waals surface area contributed by atoms with Crippen molar-refractivity contribution in [2.75, 3.05) is 11.4 Å². The summed E-state index contributed by atoms with van der Waals surface area (Å²) in [5.41, 5.74) is 6.87. The largest absolute Gasteiger partial charge is 0.457 e. The van der Waals surface area contributed by atoms with Gasteiger partial charge in [0.15, 0.2) is 0 Å². The molecule has 0 radical (unpaired) electrons. The molecular formula is C19H21N3O4S. The smallest absolute Gasteiger partial charge is 0.244 e. The molecule has 0 bridgehead atoms. The van der Waals surface area contributed by atoms with Crippen LogP contribution in [0.1, 0.15) is 24.8 Å². The van der Waals surface area contributed by atoms with E-state index in [1.54, 1.807) is 24.3 Å². The molecule has 2 aliphatic rings. The molecule has 4 rings (SSSR count). The standard InChI is InChI=1S/C19H21N3O4S/c20-18(23)10-5-13-3-6-14(7-4-13)26-15-8-9-16-17(12-15)27(24,25)21-19-2-1-11-22(16)19/h3-4,6-9,12,19,21H,1-2,5,10-11H2,(H2,20,23). The van der Waals surface area contributed by atoms with Crippen LogP contribution in [0.15, 0.2) is 47.4 Å². The number of carbonyl (C=O) groups excluding carboxylic acids is 1. The number of rotatable bonds is 5. The predicted molar refractivity (Wildman–Crippen MR) is 101 cm³/mol. The van der Waals surface area contributed by atoms with Crippen molar-refractivity contribution >= 4 is 21.6 Å².